The van der Waals surface area contributed by atoms with Gasteiger partial charge in [0.05, 0.1) is 17.0 Å². The third-order valence-electron chi connectivity index (χ3n) is 4.51. The van der Waals surface area contributed by atoms with Crippen LogP contribution in [0, 0.1) is 0 Å². The Labute approximate surface area is 154 Å². The number of hydrogen-bond acceptors (Lipinski definition) is 5. The predicted molar refractivity (Wildman–Crippen MR) is 102 cm³/mol. The SMILES string of the molecule is CC(C(=O)NCCc1nc2ccccc2o1)c1n[nH]c(=O)c2ccccc12. The summed E-state index contributed by atoms with van der Waals surface area (Å²) < 4.78 is 5.65. The highest BCUT2D eigenvalue weighted by atomic mass is 16.3. The number of hydrogen-bond donors (Lipinski definition) is 2. The summed E-state index contributed by atoms with van der Waals surface area (Å²) in [5.41, 5.74) is 1.81. The molecule has 0 saturated heterocycles. The minimum absolute atomic E-state index is 0.171. The van der Waals surface area contributed by atoms with Gasteiger partial charge < -0.3 is 9.73 Å². The van der Waals surface area contributed by atoms with E-state index in [0.29, 0.717) is 35.3 Å². The standard InChI is InChI=1S/C20H18N4O3/c1-12(18-13-6-2-3-7-14(13)20(26)24-23-18)19(25)21-11-10-17-22-15-8-4-5-9-16(15)27-17/h2-9,12H,10-11H2,1H3,(H,21,25)(H,24,26). The van der Waals surface area contributed by atoms with E-state index in [1.165, 1.54) is 0 Å². The van der Waals surface area contributed by atoms with Crippen molar-refractivity contribution in [2.75, 3.05) is 6.54 Å². The number of fused-ring (bicyclic) bond motifs is 2. The van der Waals surface area contributed by atoms with Crippen LogP contribution in [0.3, 0.4) is 0 Å². The largest absolute Gasteiger partial charge is 0.441 e. The topological polar surface area (TPSA) is 101 Å². The van der Waals surface area contributed by atoms with Crippen LogP contribution in [0.25, 0.3) is 21.9 Å². The molecule has 136 valence electrons. The van der Waals surface area contributed by atoms with E-state index in [1.54, 1.807) is 25.1 Å². The third-order valence-corrected chi connectivity index (χ3v) is 4.51. The van der Waals surface area contributed by atoms with E-state index < -0.39 is 5.92 Å². The number of amides is 1. The molecule has 0 aliphatic heterocycles. The number of nitrogens with zero attached hydrogens (tertiary/aromatic N) is 2. The molecular formula is C20H18N4O3. The van der Waals surface area contributed by atoms with Crippen molar-refractivity contribution in [2.24, 2.45) is 0 Å². The number of oxazole rings is 1. The molecule has 2 N–H and O–H groups in total. The van der Waals surface area contributed by atoms with Crippen LogP contribution in [0.1, 0.15) is 24.4 Å². The molecule has 7 heteroatoms. The van der Waals surface area contributed by atoms with Crippen molar-refractivity contribution in [1.82, 2.24) is 20.5 Å². The Kier molecular flexibility index (Phi) is 4.42. The second kappa shape index (κ2) is 7.03. The molecule has 4 rings (SSSR count). The fourth-order valence-corrected chi connectivity index (χ4v) is 3.06. The first kappa shape index (κ1) is 17.0. The summed E-state index contributed by atoms with van der Waals surface area (Å²) >= 11 is 0. The Hall–Kier alpha value is -3.48. The van der Waals surface area contributed by atoms with Gasteiger partial charge in [0, 0.05) is 18.4 Å². The van der Waals surface area contributed by atoms with Crippen LogP contribution in [0.5, 0.6) is 0 Å². The highest BCUT2D eigenvalue weighted by molar-refractivity contribution is 5.90. The predicted octanol–water partition coefficient (Wildman–Crippen LogP) is 2.53. The first-order chi connectivity index (χ1) is 13.1. The fourth-order valence-electron chi connectivity index (χ4n) is 3.06. The highest BCUT2D eigenvalue weighted by Gasteiger charge is 2.20. The van der Waals surface area contributed by atoms with Crippen molar-refractivity contribution < 1.29 is 9.21 Å². The van der Waals surface area contributed by atoms with Gasteiger partial charge in [-0.2, -0.15) is 5.10 Å². The molecule has 1 amide bonds. The van der Waals surface area contributed by atoms with Gasteiger partial charge in [-0.25, -0.2) is 10.1 Å². The van der Waals surface area contributed by atoms with Gasteiger partial charge in [-0.1, -0.05) is 30.3 Å². The summed E-state index contributed by atoms with van der Waals surface area (Å²) in [6.07, 6.45) is 0.493. The van der Waals surface area contributed by atoms with Crippen molar-refractivity contribution >= 4 is 27.8 Å². The molecule has 0 saturated carbocycles. The molecule has 0 bridgehead atoms. The lowest BCUT2D eigenvalue weighted by Crippen LogP contribution is -2.31. The molecular weight excluding hydrogens is 344 g/mol. The molecule has 2 aromatic heterocycles. The van der Waals surface area contributed by atoms with Gasteiger partial charge >= 0.3 is 0 Å². The Morgan fingerprint density at radius 1 is 1.15 bits per heavy atom. The minimum Gasteiger partial charge on any atom is -0.441 e. The number of rotatable bonds is 5. The van der Waals surface area contributed by atoms with E-state index in [0.717, 1.165) is 11.1 Å². The van der Waals surface area contributed by atoms with E-state index in [4.69, 9.17) is 4.42 Å². The zero-order valence-corrected chi connectivity index (χ0v) is 14.7. The summed E-state index contributed by atoms with van der Waals surface area (Å²) in [6.45, 7) is 2.17. The van der Waals surface area contributed by atoms with Crippen LogP contribution in [0.2, 0.25) is 0 Å². The number of carbonyl (C=O) groups excluding carboxylic acids is 1. The lowest BCUT2D eigenvalue weighted by atomic mass is 10.0. The number of carbonyl (C=O) groups is 1. The monoisotopic (exact) mass is 362 g/mol. The van der Waals surface area contributed by atoms with Crippen molar-refractivity contribution in [3.05, 3.63) is 70.5 Å². The number of aromatic amines is 1. The van der Waals surface area contributed by atoms with Gasteiger partial charge in [0.1, 0.15) is 5.52 Å². The van der Waals surface area contributed by atoms with Crippen LogP contribution in [-0.4, -0.2) is 27.6 Å². The zero-order chi connectivity index (χ0) is 18.8. The maximum Gasteiger partial charge on any atom is 0.272 e. The van der Waals surface area contributed by atoms with Gasteiger partial charge in [-0.3, -0.25) is 9.59 Å². The average Bonchev–Trinajstić information content (AvgIpc) is 3.11. The molecule has 7 nitrogen and oxygen atoms in total. The van der Waals surface area contributed by atoms with Crippen molar-refractivity contribution in [3.63, 3.8) is 0 Å². The lowest BCUT2D eigenvalue weighted by molar-refractivity contribution is -0.122. The van der Waals surface area contributed by atoms with E-state index in [9.17, 15) is 9.59 Å². The Morgan fingerprint density at radius 3 is 2.70 bits per heavy atom. The lowest BCUT2D eigenvalue weighted by Gasteiger charge is -2.13. The maximum atomic E-state index is 12.5. The van der Waals surface area contributed by atoms with Gasteiger partial charge in [-0.05, 0) is 25.1 Å². The number of aromatic nitrogens is 3. The van der Waals surface area contributed by atoms with Crippen LogP contribution in [0.15, 0.2) is 57.7 Å². The van der Waals surface area contributed by atoms with Crippen molar-refractivity contribution in [3.8, 4) is 0 Å². The zero-order valence-electron chi connectivity index (χ0n) is 14.7. The summed E-state index contributed by atoms with van der Waals surface area (Å²) in [5, 5.41) is 10.6. The molecule has 4 aromatic rings. The van der Waals surface area contributed by atoms with Gasteiger partial charge in [-0.15, -0.1) is 0 Å². The highest BCUT2D eigenvalue weighted by Crippen LogP contribution is 2.21. The molecule has 2 aromatic carbocycles. The Morgan fingerprint density at radius 2 is 1.89 bits per heavy atom. The van der Waals surface area contributed by atoms with Crippen LogP contribution >= 0.6 is 0 Å². The first-order valence-electron chi connectivity index (χ1n) is 8.73. The first-order valence-corrected chi connectivity index (χ1v) is 8.73. The minimum atomic E-state index is -0.504. The molecule has 1 unspecified atom stereocenters. The third kappa shape index (κ3) is 3.31. The second-order valence-electron chi connectivity index (χ2n) is 6.32. The van der Waals surface area contributed by atoms with Gasteiger partial charge in [0.2, 0.25) is 5.91 Å². The molecule has 1 atom stereocenters. The molecule has 0 fully saturated rings. The fraction of sp³-hybridized carbons (Fsp3) is 0.200. The number of benzene rings is 2. The molecule has 27 heavy (non-hydrogen) atoms. The number of nitrogens with one attached hydrogen (secondary N) is 2. The number of H-pyrrole nitrogens is 1. The van der Waals surface area contributed by atoms with Crippen LogP contribution < -0.4 is 10.9 Å². The summed E-state index contributed by atoms with van der Waals surface area (Å²) in [7, 11) is 0. The smallest absolute Gasteiger partial charge is 0.272 e. The molecule has 0 spiro atoms. The Balaban J connectivity index is 1.45. The summed E-state index contributed by atoms with van der Waals surface area (Å²) in [4.78, 5) is 28.8. The number of para-hydroxylation sites is 2. The maximum absolute atomic E-state index is 12.5. The van der Waals surface area contributed by atoms with Crippen molar-refractivity contribution in [2.45, 2.75) is 19.3 Å². The van der Waals surface area contributed by atoms with Crippen molar-refractivity contribution in [1.29, 1.82) is 0 Å². The molecule has 0 aliphatic rings. The van der Waals surface area contributed by atoms with E-state index in [-0.39, 0.29) is 11.5 Å². The van der Waals surface area contributed by atoms with E-state index in [1.807, 2.05) is 30.3 Å². The van der Waals surface area contributed by atoms with E-state index in [2.05, 4.69) is 20.5 Å². The quantitative estimate of drug-likeness (QED) is 0.568. The van der Waals surface area contributed by atoms with Gasteiger partial charge in [0.15, 0.2) is 11.5 Å². The molecule has 2 heterocycles. The summed E-state index contributed by atoms with van der Waals surface area (Å²) in [5.74, 6) is -0.0945. The normalized spacial score (nSPS) is 12.3. The second-order valence-corrected chi connectivity index (χ2v) is 6.32. The average molecular weight is 362 g/mol. The molecule has 0 radical (unpaired) electrons. The van der Waals surface area contributed by atoms with Crippen LogP contribution in [0.4, 0.5) is 0 Å². The summed E-state index contributed by atoms with van der Waals surface area (Å²) in [6, 6.07) is 14.7. The van der Waals surface area contributed by atoms with E-state index >= 15 is 0 Å². The molecule has 0 aliphatic carbocycles. The van der Waals surface area contributed by atoms with Crippen LogP contribution in [-0.2, 0) is 11.2 Å². The Bertz CT molecular complexity index is 1150. The van der Waals surface area contributed by atoms with Gasteiger partial charge in [0.25, 0.3) is 5.56 Å².